The van der Waals surface area contributed by atoms with Gasteiger partial charge in [0.1, 0.15) is 11.6 Å². The molecule has 1 amide bonds. The zero-order chi connectivity index (χ0) is 22.0. The third-order valence-electron chi connectivity index (χ3n) is 6.55. The fourth-order valence-corrected chi connectivity index (χ4v) is 4.52. The Bertz CT molecular complexity index is 1040. The Kier molecular flexibility index (Phi) is 6.28. The van der Waals surface area contributed by atoms with Gasteiger partial charge in [-0.2, -0.15) is 0 Å². The molecule has 31 heavy (non-hydrogen) atoms. The number of rotatable bonds is 6. The monoisotopic (exact) mass is 423 g/mol. The first-order valence-corrected chi connectivity index (χ1v) is 10.9. The van der Waals surface area contributed by atoms with Crippen molar-refractivity contribution in [3.05, 3.63) is 65.6 Å². The molecule has 1 aliphatic rings. The molecular weight excluding hydrogens is 393 g/mol. The Morgan fingerprint density at radius 1 is 1.16 bits per heavy atom. The van der Waals surface area contributed by atoms with Gasteiger partial charge in [-0.05, 0) is 87.2 Å². The van der Waals surface area contributed by atoms with Crippen LogP contribution in [0.4, 0.5) is 4.39 Å². The molecule has 4 rings (SSSR count). The molecule has 2 heterocycles. The SMILES string of the molecule is COc1ccc2[nH]cc(C3CCN(C(C)C(=O)NC(C)c4ccc(F)cc4)CC3)c2c1. The number of nitrogens with zero attached hydrogens (tertiary/aromatic N) is 1. The fraction of sp³-hybridized carbons (Fsp3) is 0.400. The normalized spacial score (nSPS) is 17.4. The van der Waals surface area contributed by atoms with Crippen molar-refractivity contribution >= 4 is 16.8 Å². The first-order valence-electron chi connectivity index (χ1n) is 10.9. The van der Waals surface area contributed by atoms with Crippen LogP contribution in [0.15, 0.2) is 48.7 Å². The van der Waals surface area contributed by atoms with E-state index in [2.05, 4.69) is 33.5 Å². The molecule has 0 spiro atoms. The van der Waals surface area contributed by atoms with Gasteiger partial charge < -0.3 is 15.0 Å². The average Bonchev–Trinajstić information content (AvgIpc) is 3.22. The number of ether oxygens (including phenoxy) is 1. The molecule has 0 aliphatic carbocycles. The summed E-state index contributed by atoms with van der Waals surface area (Å²) in [6.45, 7) is 5.64. The van der Waals surface area contributed by atoms with Gasteiger partial charge in [-0.1, -0.05) is 12.1 Å². The predicted octanol–water partition coefficient (Wildman–Crippen LogP) is 4.76. The molecule has 164 valence electrons. The number of fused-ring (bicyclic) bond motifs is 1. The molecule has 1 aromatic heterocycles. The summed E-state index contributed by atoms with van der Waals surface area (Å²) >= 11 is 0. The molecule has 1 aliphatic heterocycles. The molecule has 6 heteroatoms. The minimum absolute atomic E-state index is 0.00658. The van der Waals surface area contributed by atoms with E-state index in [9.17, 15) is 9.18 Å². The van der Waals surface area contributed by atoms with E-state index in [-0.39, 0.29) is 23.8 Å². The number of carbonyl (C=O) groups excluding carboxylic acids is 1. The van der Waals surface area contributed by atoms with Crippen molar-refractivity contribution < 1.29 is 13.9 Å². The number of H-pyrrole nitrogens is 1. The van der Waals surface area contributed by atoms with Gasteiger partial charge in [-0.3, -0.25) is 9.69 Å². The summed E-state index contributed by atoms with van der Waals surface area (Å²) in [5, 5.41) is 4.29. The Labute approximate surface area is 182 Å². The number of benzene rings is 2. The highest BCUT2D eigenvalue weighted by molar-refractivity contribution is 5.85. The second-order valence-corrected chi connectivity index (χ2v) is 8.42. The van der Waals surface area contributed by atoms with Crippen molar-refractivity contribution in [1.82, 2.24) is 15.2 Å². The molecule has 0 saturated carbocycles. The minimum atomic E-state index is -0.271. The lowest BCUT2D eigenvalue weighted by atomic mass is 9.88. The third kappa shape index (κ3) is 4.59. The zero-order valence-corrected chi connectivity index (χ0v) is 18.3. The van der Waals surface area contributed by atoms with Crippen molar-refractivity contribution in [3.63, 3.8) is 0 Å². The summed E-state index contributed by atoms with van der Waals surface area (Å²) in [4.78, 5) is 18.4. The van der Waals surface area contributed by atoms with Crippen molar-refractivity contribution in [2.75, 3.05) is 20.2 Å². The number of aromatic amines is 1. The lowest BCUT2D eigenvalue weighted by Gasteiger charge is -2.35. The standard InChI is InChI=1S/C25H30FN3O2/c1-16(18-4-6-20(26)7-5-18)28-25(30)17(2)29-12-10-19(11-13-29)23-15-27-24-9-8-21(31-3)14-22(23)24/h4-9,14-17,19,27H,10-13H2,1-3H3,(H,28,30). The van der Waals surface area contributed by atoms with Crippen LogP contribution in [0.2, 0.25) is 0 Å². The first kappa shape index (κ1) is 21.4. The van der Waals surface area contributed by atoms with Crippen molar-refractivity contribution in [3.8, 4) is 5.75 Å². The van der Waals surface area contributed by atoms with Crippen LogP contribution in [0.3, 0.4) is 0 Å². The van der Waals surface area contributed by atoms with Gasteiger partial charge in [-0.25, -0.2) is 4.39 Å². The smallest absolute Gasteiger partial charge is 0.237 e. The number of halogens is 1. The van der Waals surface area contributed by atoms with E-state index in [0.29, 0.717) is 5.92 Å². The van der Waals surface area contributed by atoms with Crippen LogP contribution in [0.25, 0.3) is 10.9 Å². The highest BCUT2D eigenvalue weighted by Crippen LogP contribution is 2.35. The van der Waals surface area contributed by atoms with Crippen molar-refractivity contribution in [1.29, 1.82) is 0 Å². The van der Waals surface area contributed by atoms with E-state index in [1.54, 1.807) is 19.2 Å². The van der Waals surface area contributed by atoms with Crippen LogP contribution < -0.4 is 10.1 Å². The number of carbonyl (C=O) groups is 1. The molecule has 3 aromatic rings. The van der Waals surface area contributed by atoms with Crippen molar-refractivity contribution in [2.45, 2.75) is 44.7 Å². The Morgan fingerprint density at radius 3 is 2.55 bits per heavy atom. The van der Waals surface area contributed by atoms with E-state index in [0.717, 1.165) is 42.8 Å². The quantitative estimate of drug-likeness (QED) is 0.601. The van der Waals surface area contributed by atoms with E-state index < -0.39 is 0 Å². The fourth-order valence-electron chi connectivity index (χ4n) is 4.52. The van der Waals surface area contributed by atoms with Gasteiger partial charge in [0.25, 0.3) is 0 Å². The molecule has 2 atom stereocenters. The summed E-state index contributed by atoms with van der Waals surface area (Å²) in [6, 6.07) is 12.0. The summed E-state index contributed by atoms with van der Waals surface area (Å²) < 4.78 is 18.5. The number of likely N-dealkylation sites (tertiary alicyclic amines) is 1. The van der Waals surface area contributed by atoms with E-state index >= 15 is 0 Å². The average molecular weight is 424 g/mol. The number of piperidine rings is 1. The van der Waals surface area contributed by atoms with Gasteiger partial charge in [0, 0.05) is 17.1 Å². The van der Waals surface area contributed by atoms with Crippen LogP contribution in [-0.2, 0) is 4.79 Å². The Balaban J connectivity index is 1.36. The second-order valence-electron chi connectivity index (χ2n) is 8.42. The number of hydrogen-bond donors (Lipinski definition) is 2. The van der Waals surface area contributed by atoms with Crippen LogP contribution in [-0.4, -0.2) is 42.0 Å². The lowest BCUT2D eigenvalue weighted by Crippen LogP contribution is -2.48. The molecule has 5 nitrogen and oxygen atoms in total. The van der Waals surface area contributed by atoms with Gasteiger partial charge in [-0.15, -0.1) is 0 Å². The number of amides is 1. The van der Waals surface area contributed by atoms with Crippen LogP contribution in [0.1, 0.15) is 49.8 Å². The number of hydrogen-bond acceptors (Lipinski definition) is 3. The van der Waals surface area contributed by atoms with Gasteiger partial charge in [0.2, 0.25) is 5.91 Å². The molecule has 0 bridgehead atoms. The highest BCUT2D eigenvalue weighted by atomic mass is 19.1. The van der Waals surface area contributed by atoms with Crippen LogP contribution >= 0.6 is 0 Å². The first-order chi connectivity index (χ1) is 15.0. The lowest BCUT2D eigenvalue weighted by molar-refractivity contribution is -0.127. The molecule has 1 fully saturated rings. The predicted molar refractivity (Wildman–Crippen MR) is 121 cm³/mol. The number of nitrogens with one attached hydrogen (secondary N) is 2. The number of methoxy groups -OCH3 is 1. The molecule has 2 N–H and O–H groups in total. The summed E-state index contributed by atoms with van der Waals surface area (Å²) in [5.41, 5.74) is 3.35. The van der Waals surface area contributed by atoms with Gasteiger partial charge >= 0.3 is 0 Å². The molecule has 2 unspecified atom stereocenters. The molecule has 1 saturated heterocycles. The molecular formula is C25H30FN3O2. The maximum absolute atomic E-state index is 13.1. The van der Waals surface area contributed by atoms with Crippen molar-refractivity contribution in [2.24, 2.45) is 0 Å². The van der Waals surface area contributed by atoms with E-state index in [1.807, 2.05) is 19.9 Å². The Hall–Kier alpha value is -2.86. The largest absolute Gasteiger partial charge is 0.497 e. The molecule has 0 radical (unpaired) electrons. The summed E-state index contributed by atoms with van der Waals surface area (Å²) in [7, 11) is 1.69. The van der Waals surface area contributed by atoms with E-state index in [4.69, 9.17) is 4.74 Å². The highest BCUT2D eigenvalue weighted by Gasteiger charge is 2.29. The minimum Gasteiger partial charge on any atom is -0.497 e. The molecule has 2 aromatic carbocycles. The van der Waals surface area contributed by atoms with Gasteiger partial charge in [0.05, 0.1) is 19.2 Å². The zero-order valence-electron chi connectivity index (χ0n) is 18.3. The summed E-state index contributed by atoms with van der Waals surface area (Å²) in [5.74, 6) is 1.07. The maximum atomic E-state index is 13.1. The summed E-state index contributed by atoms with van der Waals surface area (Å²) in [6.07, 6.45) is 4.13. The topological polar surface area (TPSA) is 57.4 Å². The third-order valence-corrected chi connectivity index (χ3v) is 6.55. The van der Waals surface area contributed by atoms with Gasteiger partial charge in [0.15, 0.2) is 0 Å². The second kappa shape index (κ2) is 9.10. The van der Waals surface area contributed by atoms with E-state index in [1.165, 1.54) is 23.1 Å². The maximum Gasteiger partial charge on any atom is 0.237 e. The van der Waals surface area contributed by atoms with Crippen LogP contribution in [0.5, 0.6) is 5.75 Å². The van der Waals surface area contributed by atoms with Crippen LogP contribution in [0, 0.1) is 5.82 Å². The Morgan fingerprint density at radius 2 is 1.87 bits per heavy atom. The number of aromatic nitrogens is 1.